The van der Waals surface area contributed by atoms with Gasteiger partial charge in [-0.15, -0.1) is 0 Å². The third-order valence-electron chi connectivity index (χ3n) is 4.75. The lowest BCUT2D eigenvalue weighted by Gasteiger charge is -2.17. The van der Waals surface area contributed by atoms with Crippen LogP contribution < -0.4 is 14.8 Å². The molecule has 0 fully saturated rings. The number of rotatable bonds is 7. The van der Waals surface area contributed by atoms with Crippen LogP contribution in [0.3, 0.4) is 0 Å². The second-order valence-electron chi connectivity index (χ2n) is 7.05. The average Bonchev–Trinajstić information content (AvgIpc) is 2.82. The van der Waals surface area contributed by atoms with E-state index in [4.69, 9.17) is 9.47 Å². The minimum Gasteiger partial charge on any atom is -0.481 e. The Bertz CT molecular complexity index is 1130. The van der Waals surface area contributed by atoms with Gasteiger partial charge in [-0.2, -0.15) is 0 Å². The number of hydrogen-bond donors (Lipinski definition) is 1. The van der Waals surface area contributed by atoms with Gasteiger partial charge < -0.3 is 14.8 Å². The predicted octanol–water partition coefficient (Wildman–Crippen LogP) is 6.55. The third-order valence-corrected chi connectivity index (χ3v) is 4.75. The lowest BCUT2D eigenvalue weighted by atomic mass is 10.0. The molecule has 0 radical (unpaired) electrons. The summed E-state index contributed by atoms with van der Waals surface area (Å²) in [5.74, 6) is 1.85. The van der Waals surface area contributed by atoms with E-state index in [1.54, 1.807) is 19.1 Å². The highest BCUT2D eigenvalue weighted by Crippen LogP contribution is 2.28. The molecule has 0 aliphatic rings. The Morgan fingerprint density at radius 2 is 1.23 bits per heavy atom. The van der Waals surface area contributed by atoms with E-state index < -0.39 is 6.10 Å². The number of anilines is 1. The van der Waals surface area contributed by atoms with E-state index in [1.807, 2.05) is 97.1 Å². The van der Waals surface area contributed by atoms with Crippen molar-refractivity contribution in [3.8, 4) is 28.4 Å². The summed E-state index contributed by atoms with van der Waals surface area (Å²) in [5, 5.41) is 2.98. The van der Waals surface area contributed by atoms with Crippen LogP contribution in [0.25, 0.3) is 11.1 Å². The largest absolute Gasteiger partial charge is 0.481 e. The monoisotopic (exact) mass is 409 g/mol. The second-order valence-corrected chi connectivity index (χ2v) is 7.05. The first-order chi connectivity index (χ1) is 15.2. The van der Waals surface area contributed by atoms with Crippen molar-refractivity contribution in [3.63, 3.8) is 0 Å². The predicted molar refractivity (Wildman–Crippen MR) is 124 cm³/mol. The van der Waals surface area contributed by atoms with Crippen LogP contribution in [0, 0.1) is 0 Å². The van der Waals surface area contributed by atoms with Crippen molar-refractivity contribution >= 4 is 11.6 Å². The van der Waals surface area contributed by atoms with Gasteiger partial charge in [-0.05, 0) is 55.0 Å². The van der Waals surface area contributed by atoms with Crippen molar-refractivity contribution in [1.29, 1.82) is 0 Å². The Hall–Kier alpha value is -4.05. The van der Waals surface area contributed by atoms with Gasteiger partial charge in [0.25, 0.3) is 5.91 Å². The van der Waals surface area contributed by atoms with Gasteiger partial charge in [0.15, 0.2) is 6.10 Å². The molecular weight excluding hydrogens is 386 g/mol. The van der Waals surface area contributed by atoms with Gasteiger partial charge in [-0.25, -0.2) is 0 Å². The molecule has 4 rings (SSSR count). The second kappa shape index (κ2) is 9.63. The zero-order chi connectivity index (χ0) is 21.5. The number of carbonyl (C=O) groups is 1. The maximum absolute atomic E-state index is 12.7. The molecule has 0 bridgehead atoms. The summed E-state index contributed by atoms with van der Waals surface area (Å²) in [6.45, 7) is 1.73. The molecular formula is C27H23NO3. The molecule has 0 aromatic heterocycles. The maximum Gasteiger partial charge on any atom is 0.265 e. The Labute approximate surface area is 182 Å². The lowest BCUT2D eigenvalue weighted by Crippen LogP contribution is -2.30. The fraction of sp³-hybridized carbons (Fsp3) is 0.0741. The van der Waals surface area contributed by atoms with Crippen molar-refractivity contribution in [2.75, 3.05) is 5.32 Å². The van der Waals surface area contributed by atoms with Crippen LogP contribution in [0.4, 0.5) is 5.69 Å². The summed E-state index contributed by atoms with van der Waals surface area (Å²) < 4.78 is 11.6. The number of carbonyl (C=O) groups excluding carboxylic acids is 1. The first kappa shape index (κ1) is 20.2. The van der Waals surface area contributed by atoms with Crippen LogP contribution in [-0.4, -0.2) is 12.0 Å². The van der Waals surface area contributed by atoms with Crippen molar-refractivity contribution in [2.45, 2.75) is 13.0 Å². The van der Waals surface area contributed by atoms with Crippen LogP contribution in [0.1, 0.15) is 6.92 Å². The first-order valence-electron chi connectivity index (χ1n) is 10.1. The van der Waals surface area contributed by atoms with Crippen LogP contribution in [0.15, 0.2) is 109 Å². The van der Waals surface area contributed by atoms with Gasteiger partial charge in [0.1, 0.15) is 17.2 Å². The van der Waals surface area contributed by atoms with Gasteiger partial charge >= 0.3 is 0 Å². The lowest BCUT2D eigenvalue weighted by molar-refractivity contribution is -0.122. The molecule has 31 heavy (non-hydrogen) atoms. The maximum atomic E-state index is 12.7. The molecule has 1 amide bonds. The van der Waals surface area contributed by atoms with E-state index in [-0.39, 0.29) is 5.91 Å². The molecule has 4 nitrogen and oxygen atoms in total. The van der Waals surface area contributed by atoms with Gasteiger partial charge in [-0.1, -0.05) is 66.7 Å². The van der Waals surface area contributed by atoms with Crippen molar-refractivity contribution in [2.24, 2.45) is 0 Å². The normalized spacial score (nSPS) is 11.4. The van der Waals surface area contributed by atoms with E-state index in [1.165, 1.54) is 0 Å². The Kier molecular flexibility index (Phi) is 6.29. The molecule has 0 saturated carbocycles. The van der Waals surface area contributed by atoms with Crippen molar-refractivity contribution in [3.05, 3.63) is 109 Å². The zero-order valence-corrected chi connectivity index (χ0v) is 17.2. The van der Waals surface area contributed by atoms with E-state index >= 15 is 0 Å². The highest BCUT2D eigenvalue weighted by molar-refractivity contribution is 5.98. The summed E-state index contributed by atoms with van der Waals surface area (Å²) in [6.07, 6.45) is -0.662. The molecule has 4 aromatic rings. The molecule has 1 atom stereocenters. The number of benzene rings is 4. The Morgan fingerprint density at radius 1 is 0.677 bits per heavy atom. The molecule has 4 aromatic carbocycles. The summed E-state index contributed by atoms with van der Waals surface area (Å²) in [5.41, 5.74) is 2.76. The van der Waals surface area contributed by atoms with E-state index in [9.17, 15) is 4.79 Å². The summed E-state index contributed by atoms with van der Waals surface area (Å²) in [6, 6.07) is 34.5. The summed E-state index contributed by atoms with van der Waals surface area (Å²) in [7, 11) is 0. The quantitative estimate of drug-likeness (QED) is 0.376. The minimum atomic E-state index is -0.662. The number of nitrogens with one attached hydrogen (secondary N) is 1. The zero-order valence-electron chi connectivity index (χ0n) is 17.2. The molecule has 1 unspecified atom stereocenters. The standard InChI is InChI=1S/C27H23NO3/c1-20(30-23-16-18-24(19-17-23)31-22-12-6-3-7-13-22)27(29)28-26-15-9-8-14-25(26)21-10-4-2-5-11-21/h2-20H,1H3,(H,28,29). The van der Waals surface area contributed by atoms with Crippen molar-refractivity contribution < 1.29 is 14.3 Å². The Balaban J connectivity index is 1.39. The minimum absolute atomic E-state index is 0.215. The molecule has 0 spiro atoms. The smallest absolute Gasteiger partial charge is 0.265 e. The van der Waals surface area contributed by atoms with E-state index in [0.717, 1.165) is 22.6 Å². The van der Waals surface area contributed by atoms with Crippen LogP contribution >= 0.6 is 0 Å². The molecule has 0 heterocycles. The molecule has 4 heteroatoms. The molecule has 0 aliphatic heterocycles. The topological polar surface area (TPSA) is 47.6 Å². The SMILES string of the molecule is CC(Oc1ccc(Oc2ccccc2)cc1)C(=O)Nc1ccccc1-c1ccccc1. The average molecular weight is 409 g/mol. The summed E-state index contributed by atoms with van der Waals surface area (Å²) in [4.78, 5) is 12.7. The molecule has 0 aliphatic carbocycles. The number of para-hydroxylation sites is 2. The first-order valence-corrected chi connectivity index (χ1v) is 10.1. The fourth-order valence-corrected chi connectivity index (χ4v) is 3.16. The van der Waals surface area contributed by atoms with Gasteiger partial charge in [0.05, 0.1) is 0 Å². The molecule has 0 saturated heterocycles. The third kappa shape index (κ3) is 5.31. The fourth-order valence-electron chi connectivity index (χ4n) is 3.16. The summed E-state index contributed by atoms with van der Waals surface area (Å²) >= 11 is 0. The Morgan fingerprint density at radius 3 is 1.94 bits per heavy atom. The number of amides is 1. The van der Waals surface area contributed by atoms with Gasteiger partial charge in [0.2, 0.25) is 0 Å². The van der Waals surface area contributed by atoms with Crippen molar-refractivity contribution in [1.82, 2.24) is 0 Å². The van der Waals surface area contributed by atoms with Gasteiger partial charge in [0, 0.05) is 11.3 Å². The van der Waals surface area contributed by atoms with Crippen LogP contribution in [0.2, 0.25) is 0 Å². The van der Waals surface area contributed by atoms with E-state index in [0.29, 0.717) is 11.5 Å². The molecule has 154 valence electrons. The van der Waals surface area contributed by atoms with Gasteiger partial charge in [-0.3, -0.25) is 4.79 Å². The molecule has 1 N–H and O–H groups in total. The van der Waals surface area contributed by atoms with Crippen LogP contribution in [-0.2, 0) is 4.79 Å². The highest BCUT2D eigenvalue weighted by atomic mass is 16.5. The van der Waals surface area contributed by atoms with Crippen LogP contribution in [0.5, 0.6) is 17.2 Å². The number of ether oxygens (including phenoxy) is 2. The number of hydrogen-bond acceptors (Lipinski definition) is 3. The van der Waals surface area contributed by atoms with E-state index in [2.05, 4.69) is 5.32 Å². The highest BCUT2D eigenvalue weighted by Gasteiger charge is 2.16.